The van der Waals surface area contributed by atoms with Crippen molar-refractivity contribution in [1.82, 2.24) is 4.90 Å². The molecule has 0 heterocycles. The van der Waals surface area contributed by atoms with Crippen LogP contribution in [0.3, 0.4) is 0 Å². The lowest BCUT2D eigenvalue weighted by atomic mass is 9.94. The van der Waals surface area contributed by atoms with E-state index in [2.05, 4.69) is 41.5 Å². The van der Waals surface area contributed by atoms with Crippen LogP contribution in [0.4, 0.5) is 0 Å². The van der Waals surface area contributed by atoms with Crippen molar-refractivity contribution in [1.29, 1.82) is 0 Å². The fourth-order valence-corrected chi connectivity index (χ4v) is 7.36. The Kier molecular flexibility index (Phi) is 42.5. The molecule has 0 aliphatic carbocycles. The van der Waals surface area contributed by atoms with Crippen LogP contribution < -0.4 is 0 Å². The molecule has 0 aromatic rings. The van der Waals surface area contributed by atoms with Crippen molar-refractivity contribution < 1.29 is 76.3 Å². The second kappa shape index (κ2) is 45.1. The van der Waals surface area contributed by atoms with Gasteiger partial charge in [-0.25, -0.2) is 4.79 Å². The average molecular weight is 1040 g/mol. The Labute approximate surface area is 439 Å². The largest absolute Gasteiger partial charge is 0.466 e. The molecular formula is C56H99NO16. The quantitative estimate of drug-likeness (QED) is 0.0315. The highest BCUT2D eigenvalue weighted by Crippen LogP contribution is 2.27. The van der Waals surface area contributed by atoms with Gasteiger partial charge in [-0.3, -0.25) is 33.6 Å². The van der Waals surface area contributed by atoms with Crippen molar-refractivity contribution in [3.05, 3.63) is 0 Å². The lowest BCUT2D eigenvalue weighted by Gasteiger charge is -2.30. The van der Waals surface area contributed by atoms with E-state index in [1.807, 2.05) is 19.0 Å². The van der Waals surface area contributed by atoms with Gasteiger partial charge in [0.15, 0.2) is 0 Å². The maximum atomic E-state index is 14.1. The zero-order chi connectivity index (χ0) is 54.5. The molecule has 73 heavy (non-hydrogen) atoms. The summed E-state index contributed by atoms with van der Waals surface area (Å²) < 4.78 is 43.5. The molecule has 0 aromatic heterocycles. The number of ether oxygens (including phenoxy) is 8. The molecule has 0 amide bonds. The Hall–Kier alpha value is -4.28. The topological polar surface area (TPSA) is 214 Å². The van der Waals surface area contributed by atoms with E-state index in [4.69, 9.17) is 37.9 Å². The first-order chi connectivity index (χ1) is 34.8. The van der Waals surface area contributed by atoms with Gasteiger partial charge in [0.2, 0.25) is 5.60 Å². The Morgan fingerprint density at radius 3 is 0.959 bits per heavy atom. The SMILES string of the molecule is CC(C)CCCCCC(=O)OCCCCCOC(=O)CC(CC(=O)OCCCCCOC(=O)CCCCCC(C)C)(OC(=O)CCC(=O)OCCN(C)C)C(=O)OCCCCCOC(=O)CCCCCC(C)C. The number of hydrogen-bond donors (Lipinski definition) is 0. The molecule has 0 aromatic carbocycles. The average Bonchev–Trinajstić information content (AvgIpc) is 3.31. The number of carbonyl (C=O) groups excluding carboxylic acids is 8. The Bertz CT molecular complexity index is 1450. The highest BCUT2D eigenvalue weighted by atomic mass is 16.6. The lowest BCUT2D eigenvalue weighted by Crippen LogP contribution is -2.49. The Morgan fingerprint density at radius 2 is 0.616 bits per heavy atom. The summed E-state index contributed by atoms with van der Waals surface area (Å²) in [5, 5.41) is 0. The van der Waals surface area contributed by atoms with Gasteiger partial charge in [0.05, 0.1) is 65.3 Å². The summed E-state index contributed by atoms with van der Waals surface area (Å²) in [6.45, 7) is 13.9. The molecule has 0 radical (unpaired) electrons. The predicted molar refractivity (Wildman–Crippen MR) is 278 cm³/mol. The lowest BCUT2D eigenvalue weighted by molar-refractivity contribution is -0.192. The first-order valence-corrected chi connectivity index (χ1v) is 27.8. The minimum absolute atomic E-state index is 0.0682. The van der Waals surface area contributed by atoms with Crippen LogP contribution in [0.5, 0.6) is 0 Å². The van der Waals surface area contributed by atoms with E-state index in [1.54, 1.807) is 0 Å². The summed E-state index contributed by atoms with van der Waals surface area (Å²) >= 11 is 0. The van der Waals surface area contributed by atoms with Gasteiger partial charge >= 0.3 is 47.8 Å². The molecule has 0 rings (SSSR count). The molecule has 0 saturated heterocycles. The fourth-order valence-electron chi connectivity index (χ4n) is 7.36. The van der Waals surface area contributed by atoms with E-state index in [0.29, 0.717) is 101 Å². The van der Waals surface area contributed by atoms with Crippen LogP contribution in [0.25, 0.3) is 0 Å². The highest BCUT2D eigenvalue weighted by Gasteiger charge is 2.49. The fraction of sp³-hybridized carbons (Fsp3) is 0.857. The van der Waals surface area contributed by atoms with Crippen molar-refractivity contribution in [2.24, 2.45) is 17.8 Å². The number of esters is 8. The summed E-state index contributed by atoms with van der Waals surface area (Å²) in [5.41, 5.74) is -2.50. The molecule has 0 aliphatic rings. The van der Waals surface area contributed by atoms with Crippen LogP contribution in [0.15, 0.2) is 0 Å². The molecule has 17 heteroatoms. The van der Waals surface area contributed by atoms with Crippen LogP contribution in [0.2, 0.25) is 0 Å². The summed E-state index contributed by atoms with van der Waals surface area (Å²) in [6, 6.07) is 0. The van der Waals surface area contributed by atoms with E-state index >= 15 is 0 Å². The molecule has 424 valence electrons. The standard InChI is InChI=1S/C56H99NO16/c1-45(2)27-15-9-18-30-48(58)66-36-21-12-24-39-69-53(63)43-56(73-52(62)34-33-51(61)71-42-35-57(7)8,55(65)72-41-26-14-23-38-68-50(60)32-20-11-17-29-47(5)6)44-54(64)70-40-25-13-22-37-67-49(59)31-19-10-16-28-46(3)4/h45-47H,9-44H2,1-8H3. The molecule has 0 fully saturated rings. The van der Waals surface area contributed by atoms with Crippen molar-refractivity contribution in [3.8, 4) is 0 Å². The molecule has 17 nitrogen and oxygen atoms in total. The Balaban J connectivity index is 5.69. The van der Waals surface area contributed by atoms with Crippen LogP contribution in [0, 0.1) is 17.8 Å². The van der Waals surface area contributed by atoms with Gasteiger partial charge < -0.3 is 42.8 Å². The minimum atomic E-state index is -2.50. The zero-order valence-corrected chi connectivity index (χ0v) is 46.7. The monoisotopic (exact) mass is 1040 g/mol. The van der Waals surface area contributed by atoms with Gasteiger partial charge in [-0.1, -0.05) is 99.3 Å². The van der Waals surface area contributed by atoms with E-state index in [0.717, 1.165) is 77.0 Å². The van der Waals surface area contributed by atoms with Crippen LogP contribution in [0.1, 0.15) is 221 Å². The van der Waals surface area contributed by atoms with Crippen molar-refractivity contribution >= 4 is 47.8 Å². The second-order valence-electron chi connectivity index (χ2n) is 20.7. The Morgan fingerprint density at radius 1 is 0.329 bits per heavy atom. The maximum absolute atomic E-state index is 14.1. The van der Waals surface area contributed by atoms with Gasteiger partial charge in [0.25, 0.3) is 0 Å². The molecule has 0 N–H and O–H groups in total. The molecule has 0 aliphatic heterocycles. The summed E-state index contributed by atoms with van der Waals surface area (Å²) in [4.78, 5) is 105. The minimum Gasteiger partial charge on any atom is -0.466 e. The van der Waals surface area contributed by atoms with Crippen molar-refractivity contribution in [2.45, 2.75) is 227 Å². The first-order valence-electron chi connectivity index (χ1n) is 27.8. The van der Waals surface area contributed by atoms with Crippen molar-refractivity contribution in [3.63, 3.8) is 0 Å². The summed E-state index contributed by atoms with van der Waals surface area (Å²) in [6.07, 6.45) is 14.6. The number of unbranched alkanes of at least 4 members (excludes halogenated alkanes) is 12. The van der Waals surface area contributed by atoms with E-state index in [9.17, 15) is 38.4 Å². The van der Waals surface area contributed by atoms with E-state index < -0.39 is 61.1 Å². The van der Waals surface area contributed by atoms with Crippen LogP contribution in [-0.2, 0) is 76.3 Å². The first kappa shape index (κ1) is 68.7. The molecule has 0 saturated carbocycles. The van der Waals surface area contributed by atoms with Crippen LogP contribution in [-0.4, -0.2) is 125 Å². The number of likely N-dealkylation sites (N-methyl/N-ethyl adjacent to an activating group) is 1. The van der Waals surface area contributed by atoms with Gasteiger partial charge in [0, 0.05) is 25.8 Å². The smallest absolute Gasteiger partial charge is 0.351 e. The number of nitrogens with zero attached hydrogens (tertiary/aromatic N) is 1. The zero-order valence-electron chi connectivity index (χ0n) is 46.7. The normalized spacial score (nSPS) is 11.5. The van der Waals surface area contributed by atoms with Gasteiger partial charge in [-0.05, 0) is 109 Å². The number of carbonyl (C=O) groups is 8. The van der Waals surface area contributed by atoms with Crippen LogP contribution >= 0.6 is 0 Å². The summed E-state index contributed by atoms with van der Waals surface area (Å²) in [5.74, 6) is -3.68. The van der Waals surface area contributed by atoms with Gasteiger partial charge in [-0.15, -0.1) is 0 Å². The third kappa shape index (κ3) is 43.8. The molecule has 0 atom stereocenters. The van der Waals surface area contributed by atoms with E-state index in [1.165, 1.54) is 0 Å². The number of hydrogen-bond acceptors (Lipinski definition) is 17. The molecule has 0 bridgehead atoms. The van der Waals surface area contributed by atoms with E-state index in [-0.39, 0.29) is 64.2 Å². The third-order valence-electron chi connectivity index (χ3n) is 11.8. The molecule has 0 spiro atoms. The molecular weight excluding hydrogens is 943 g/mol. The highest BCUT2D eigenvalue weighted by molar-refractivity contribution is 5.92. The maximum Gasteiger partial charge on any atom is 0.351 e. The number of rotatable bonds is 48. The van der Waals surface area contributed by atoms with Gasteiger partial charge in [0.1, 0.15) is 6.61 Å². The molecule has 0 unspecified atom stereocenters. The third-order valence-corrected chi connectivity index (χ3v) is 11.8. The second-order valence-corrected chi connectivity index (χ2v) is 20.7. The van der Waals surface area contributed by atoms with Gasteiger partial charge in [-0.2, -0.15) is 0 Å². The predicted octanol–water partition coefficient (Wildman–Crippen LogP) is 10.5. The van der Waals surface area contributed by atoms with Crippen molar-refractivity contribution in [2.75, 3.05) is 66.9 Å². The summed E-state index contributed by atoms with van der Waals surface area (Å²) in [7, 11) is 3.62.